The number of nitrogens with one attached hydrogen (secondary N) is 1. The number of phenolic OH excluding ortho intramolecular Hbond substituents is 1. The fraction of sp³-hybridized carbons (Fsp3) is 0.333. The number of anilines is 2. The van der Waals surface area contributed by atoms with Crippen LogP contribution in [0, 0.1) is 0 Å². The van der Waals surface area contributed by atoms with Gasteiger partial charge in [-0.05, 0) is 31.4 Å². The summed E-state index contributed by atoms with van der Waals surface area (Å²) in [4.78, 5) is 17.1. The summed E-state index contributed by atoms with van der Waals surface area (Å²) in [7, 11) is 0. The molecule has 0 saturated carbocycles. The van der Waals surface area contributed by atoms with E-state index in [9.17, 15) is 13.6 Å². The number of phenols is 1. The summed E-state index contributed by atoms with van der Waals surface area (Å²) >= 11 is -5.09. The maximum atomic E-state index is 10.9. The number of piperidine rings is 1. The second-order valence-electron chi connectivity index (χ2n) is 6.18. The van der Waals surface area contributed by atoms with Crippen LogP contribution in [0.15, 0.2) is 42.7 Å². The largest absolute Gasteiger partial charge is 0.371 e. The quantitative estimate of drug-likeness (QED) is 0.528. The summed E-state index contributed by atoms with van der Waals surface area (Å²) in [6, 6.07) is 7.69. The van der Waals surface area contributed by atoms with Crippen molar-refractivity contribution in [2.45, 2.75) is 26.2 Å². The number of rotatable bonds is 3. The second kappa shape index (κ2) is 9.60. The fourth-order valence-electron chi connectivity index (χ4n) is 2.76. The summed E-state index contributed by atoms with van der Waals surface area (Å²) in [6.45, 7) is 3.71. The molecule has 27 heavy (non-hydrogen) atoms. The Labute approximate surface area is 160 Å². The Hall–Kier alpha value is -2.28. The van der Waals surface area contributed by atoms with E-state index >= 15 is 0 Å². The van der Waals surface area contributed by atoms with Crippen molar-refractivity contribution < 1.29 is 21.8 Å². The molecule has 0 aliphatic carbocycles. The van der Waals surface area contributed by atoms with E-state index in [-0.39, 0.29) is 11.6 Å². The normalized spacial score (nSPS) is 14.1. The van der Waals surface area contributed by atoms with Crippen molar-refractivity contribution in [3.8, 4) is 5.75 Å². The zero-order valence-corrected chi connectivity index (χ0v) is 17.0. The third-order valence-electron chi connectivity index (χ3n) is 3.99. The molecule has 1 aliphatic heterocycles. The number of aromatic hydroxyl groups is 1. The van der Waals surface area contributed by atoms with Gasteiger partial charge in [0.2, 0.25) is 0 Å². The van der Waals surface area contributed by atoms with Crippen LogP contribution < -0.4 is 14.6 Å². The van der Waals surface area contributed by atoms with E-state index in [1.807, 2.05) is 12.4 Å². The van der Waals surface area contributed by atoms with Gasteiger partial charge in [-0.2, -0.15) is 0 Å². The first-order chi connectivity index (χ1) is 12.8. The number of pyridine rings is 1. The molecule has 4 N–H and O–H groups in total. The van der Waals surface area contributed by atoms with Gasteiger partial charge in [0.05, 0.1) is 0 Å². The second-order valence-corrected chi connectivity index (χ2v) is 9.48. The number of carbonyl (C=O) groups excluding carboxylic acids is 1. The molecule has 8 nitrogen and oxygen atoms in total. The van der Waals surface area contributed by atoms with Gasteiger partial charge in [-0.1, -0.05) is 0 Å². The Morgan fingerprint density at radius 3 is 2.26 bits per heavy atom. The first-order valence-electron chi connectivity index (χ1n) is 8.59. The van der Waals surface area contributed by atoms with Crippen LogP contribution in [0.5, 0.6) is 5.75 Å². The predicted octanol–water partition coefficient (Wildman–Crippen LogP) is 0.984. The minimum Gasteiger partial charge on any atom is -0.371 e. The van der Waals surface area contributed by atoms with E-state index < -0.39 is 24.3 Å². The Morgan fingerprint density at radius 2 is 1.74 bits per heavy atom. The molecule has 3 rings (SSSR count). The van der Waals surface area contributed by atoms with Crippen LogP contribution in [-0.2, 0) is 8.53 Å². The molecule has 1 amide bonds. The minimum atomic E-state index is -5.09. The number of hydrogen-bond donors (Lipinski definition) is 4. The van der Waals surface area contributed by atoms with Gasteiger partial charge in [0.1, 0.15) is 0 Å². The van der Waals surface area contributed by atoms with Crippen molar-refractivity contribution in [3.05, 3.63) is 42.7 Å². The molecule has 1 aliphatic rings. The van der Waals surface area contributed by atoms with E-state index in [2.05, 4.69) is 27.3 Å². The maximum absolute atomic E-state index is 10.9. The number of aromatic nitrogens is 1. The van der Waals surface area contributed by atoms with Crippen LogP contribution in [0.4, 0.5) is 11.4 Å². The zero-order valence-electron chi connectivity index (χ0n) is 15.1. The standard InChI is InChI=1S/C10H14N2.C8H10AsNO5/c1-2-8-12(9-3-1)10-4-6-11-7-5-10;1-5(11)10-6-2-3-7(8(12)4-6)9(13,14)15/h4-7H,1-3,8-9H2;2-4,12H,1H3,(H,10,11)(H2,13,14,15). The van der Waals surface area contributed by atoms with Gasteiger partial charge in [0.25, 0.3) is 0 Å². The molecule has 0 spiro atoms. The Morgan fingerprint density at radius 1 is 1.11 bits per heavy atom. The van der Waals surface area contributed by atoms with E-state index in [4.69, 9.17) is 8.19 Å². The molecule has 2 heterocycles. The van der Waals surface area contributed by atoms with E-state index in [0.717, 1.165) is 12.1 Å². The summed E-state index contributed by atoms with van der Waals surface area (Å²) < 4.78 is 28.2. The van der Waals surface area contributed by atoms with Gasteiger partial charge in [-0.15, -0.1) is 0 Å². The minimum absolute atomic E-state index is 0.285. The van der Waals surface area contributed by atoms with Crippen LogP contribution in [0.25, 0.3) is 0 Å². The summed E-state index contributed by atoms with van der Waals surface area (Å²) in [6.07, 6.45) is 7.79. The molecule has 0 radical (unpaired) electrons. The predicted molar refractivity (Wildman–Crippen MR) is 103 cm³/mol. The molecule has 1 aromatic carbocycles. The number of amides is 1. The first-order valence-corrected chi connectivity index (χ1v) is 12.0. The van der Waals surface area contributed by atoms with Gasteiger partial charge in [-0.25, -0.2) is 0 Å². The molecule has 1 saturated heterocycles. The average Bonchev–Trinajstić information content (AvgIpc) is 2.62. The molecule has 0 bridgehead atoms. The molecular weight excluding hydrogens is 413 g/mol. The summed E-state index contributed by atoms with van der Waals surface area (Å²) in [5.41, 5.74) is 1.61. The number of benzene rings is 1. The summed E-state index contributed by atoms with van der Waals surface area (Å²) in [5.74, 6) is -0.850. The molecule has 0 unspecified atom stereocenters. The smallest absolute Gasteiger partial charge is 0.0397 e. The third-order valence-corrected chi connectivity index (χ3v) is 6.10. The molecule has 1 fully saturated rings. The van der Waals surface area contributed by atoms with E-state index in [1.54, 1.807) is 0 Å². The molecule has 0 atom stereocenters. The number of hydrogen-bond acceptors (Lipinski definition) is 5. The van der Waals surface area contributed by atoms with Crippen LogP contribution in [-0.4, -0.2) is 51.5 Å². The van der Waals surface area contributed by atoms with Crippen molar-refractivity contribution >= 4 is 35.8 Å². The Bertz CT molecular complexity index is 804. The van der Waals surface area contributed by atoms with Gasteiger partial charge in [0.15, 0.2) is 0 Å². The molecule has 2 aromatic rings. The molecule has 9 heteroatoms. The summed E-state index contributed by atoms with van der Waals surface area (Å²) in [5, 5.41) is 11.7. The monoisotopic (exact) mass is 437 g/mol. The van der Waals surface area contributed by atoms with Crippen molar-refractivity contribution in [2.24, 2.45) is 0 Å². The van der Waals surface area contributed by atoms with Crippen LogP contribution in [0.2, 0.25) is 0 Å². The number of nitrogens with zero attached hydrogens (tertiary/aromatic N) is 2. The average molecular weight is 437 g/mol. The Kier molecular flexibility index (Phi) is 7.47. The van der Waals surface area contributed by atoms with E-state index in [1.165, 1.54) is 51.0 Å². The fourth-order valence-corrected chi connectivity index (χ4v) is 4.08. The first kappa shape index (κ1) is 21.0. The maximum Gasteiger partial charge on any atom is 0.0397 e. The van der Waals surface area contributed by atoms with Crippen molar-refractivity contribution in [1.29, 1.82) is 0 Å². The van der Waals surface area contributed by atoms with E-state index in [0.29, 0.717) is 0 Å². The van der Waals surface area contributed by atoms with Crippen LogP contribution in [0.1, 0.15) is 26.2 Å². The van der Waals surface area contributed by atoms with Gasteiger partial charge in [0, 0.05) is 31.2 Å². The number of carbonyl (C=O) groups is 1. The molecular formula is C18H24AsN3O5. The van der Waals surface area contributed by atoms with Crippen LogP contribution >= 0.6 is 0 Å². The molecule has 146 valence electrons. The zero-order chi connectivity index (χ0) is 19.9. The van der Waals surface area contributed by atoms with Crippen molar-refractivity contribution in [3.63, 3.8) is 0 Å². The SMILES string of the molecule is CC(=O)Nc1ccc([As](=O)(O)O)c(O)c1.c1cc(N2CCCCC2)ccn1. The van der Waals surface area contributed by atoms with Gasteiger partial charge in [-0.3, -0.25) is 4.98 Å². The van der Waals surface area contributed by atoms with Crippen molar-refractivity contribution in [1.82, 2.24) is 4.98 Å². The third kappa shape index (κ3) is 6.75. The van der Waals surface area contributed by atoms with Crippen LogP contribution in [0.3, 0.4) is 0 Å². The van der Waals surface area contributed by atoms with Gasteiger partial charge < -0.3 is 4.90 Å². The molecule has 1 aromatic heterocycles. The van der Waals surface area contributed by atoms with Gasteiger partial charge >= 0.3 is 88.1 Å². The van der Waals surface area contributed by atoms with Crippen molar-refractivity contribution in [2.75, 3.05) is 23.3 Å². The topological polar surface area (TPSA) is 123 Å². The Balaban J connectivity index is 0.000000198.